The molecule has 1 fully saturated rings. The van der Waals surface area contributed by atoms with E-state index in [1.54, 1.807) is 0 Å². The molecule has 4 heteroatoms. The maximum Gasteiger partial charge on any atom is 0.324 e. The molecule has 0 bridgehead atoms. The van der Waals surface area contributed by atoms with Crippen molar-refractivity contribution >= 4 is 5.97 Å². The third-order valence-electron chi connectivity index (χ3n) is 4.16. The van der Waals surface area contributed by atoms with Crippen LogP contribution in [0.25, 0.3) is 0 Å². The van der Waals surface area contributed by atoms with Crippen LogP contribution in [0.15, 0.2) is 0 Å². The van der Waals surface area contributed by atoms with Crippen LogP contribution in [0.2, 0.25) is 0 Å². The number of nitrogens with one attached hydrogen (secondary N) is 1. The Balaban J connectivity index is 2.70. The van der Waals surface area contributed by atoms with Crippen LogP contribution < -0.4 is 5.32 Å². The van der Waals surface area contributed by atoms with Crippen molar-refractivity contribution in [2.75, 3.05) is 26.2 Å². The van der Waals surface area contributed by atoms with Crippen molar-refractivity contribution in [3.63, 3.8) is 0 Å². The molecule has 3 atom stereocenters. The summed E-state index contributed by atoms with van der Waals surface area (Å²) in [6, 6.07) is 0.383. The molecule has 1 rings (SSSR count). The van der Waals surface area contributed by atoms with Crippen LogP contribution in [-0.4, -0.2) is 49.2 Å². The summed E-state index contributed by atoms with van der Waals surface area (Å²) in [7, 11) is 0. The number of rotatable bonds is 7. The fourth-order valence-corrected chi connectivity index (χ4v) is 2.78. The lowest BCUT2D eigenvalue weighted by Crippen LogP contribution is -2.58. The fourth-order valence-electron chi connectivity index (χ4n) is 2.78. The number of nitrogens with zero attached hydrogens (tertiary/aromatic N) is 1. The van der Waals surface area contributed by atoms with Gasteiger partial charge in [0.1, 0.15) is 6.04 Å². The highest BCUT2D eigenvalue weighted by molar-refractivity contribution is 5.76. The van der Waals surface area contributed by atoms with E-state index < -0.39 is 0 Å². The van der Waals surface area contributed by atoms with Crippen LogP contribution in [0.1, 0.15) is 47.0 Å². The van der Waals surface area contributed by atoms with E-state index in [4.69, 9.17) is 4.74 Å². The lowest BCUT2D eigenvalue weighted by molar-refractivity contribution is -0.151. The normalized spacial score (nSPS) is 23.9. The Hall–Kier alpha value is -0.610. The molecule has 112 valence electrons. The van der Waals surface area contributed by atoms with Gasteiger partial charge >= 0.3 is 5.97 Å². The van der Waals surface area contributed by atoms with E-state index in [-0.39, 0.29) is 12.0 Å². The van der Waals surface area contributed by atoms with Crippen LogP contribution in [0.3, 0.4) is 0 Å². The largest absolute Gasteiger partial charge is 0.465 e. The van der Waals surface area contributed by atoms with E-state index >= 15 is 0 Å². The van der Waals surface area contributed by atoms with E-state index in [2.05, 4.69) is 31.0 Å². The van der Waals surface area contributed by atoms with Gasteiger partial charge < -0.3 is 10.1 Å². The smallest absolute Gasteiger partial charge is 0.324 e. The molecule has 1 aliphatic heterocycles. The van der Waals surface area contributed by atoms with E-state index in [0.717, 1.165) is 26.1 Å². The molecule has 1 N–H and O–H groups in total. The Labute approximate surface area is 117 Å². The minimum absolute atomic E-state index is 0.0719. The van der Waals surface area contributed by atoms with Crippen LogP contribution >= 0.6 is 0 Å². The molecule has 0 spiro atoms. The van der Waals surface area contributed by atoms with Crippen molar-refractivity contribution in [1.29, 1.82) is 0 Å². The van der Waals surface area contributed by atoms with Crippen molar-refractivity contribution in [3.05, 3.63) is 0 Å². The molecular formula is C15H30N2O2. The zero-order chi connectivity index (χ0) is 14.3. The monoisotopic (exact) mass is 270 g/mol. The van der Waals surface area contributed by atoms with E-state index in [0.29, 0.717) is 18.6 Å². The topological polar surface area (TPSA) is 41.6 Å². The summed E-state index contributed by atoms with van der Waals surface area (Å²) in [4.78, 5) is 14.4. The number of hydrogen-bond donors (Lipinski definition) is 1. The molecule has 4 nitrogen and oxygen atoms in total. The molecule has 1 aliphatic rings. The maximum absolute atomic E-state index is 12.1. The standard InChI is InChI=1S/C15H30N2O2/c1-5-12(4)10-13(6-2)17-9-8-16-11-14(17)15(18)19-7-3/h12-14,16H,5-11H2,1-4H3. The molecule has 0 amide bonds. The lowest BCUT2D eigenvalue weighted by atomic mass is 9.95. The molecule has 0 aromatic carbocycles. The third kappa shape index (κ3) is 4.77. The quantitative estimate of drug-likeness (QED) is 0.719. The molecule has 0 aliphatic carbocycles. The molecule has 3 unspecified atom stereocenters. The highest BCUT2D eigenvalue weighted by atomic mass is 16.5. The van der Waals surface area contributed by atoms with Gasteiger partial charge in [0.05, 0.1) is 6.61 Å². The van der Waals surface area contributed by atoms with Gasteiger partial charge in [0.2, 0.25) is 0 Å². The van der Waals surface area contributed by atoms with Gasteiger partial charge in [-0.15, -0.1) is 0 Å². The first-order valence-corrected chi connectivity index (χ1v) is 7.77. The first kappa shape index (κ1) is 16.4. The molecule has 1 heterocycles. The van der Waals surface area contributed by atoms with Crippen molar-refractivity contribution in [2.45, 2.75) is 59.0 Å². The Morgan fingerprint density at radius 1 is 1.37 bits per heavy atom. The van der Waals surface area contributed by atoms with Crippen molar-refractivity contribution < 1.29 is 9.53 Å². The van der Waals surface area contributed by atoms with Gasteiger partial charge in [0, 0.05) is 25.7 Å². The average Bonchev–Trinajstić information content (AvgIpc) is 2.44. The Morgan fingerprint density at radius 2 is 2.11 bits per heavy atom. The second kappa shape index (κ2) is 8.54. The van der Waals surface area contributed by atoms with Crippen LogP contribution in [0.5, 0.6) is 0 Å². The molecule has 0 radical (unpaired) electrons. The van der Waals surface area contributed by atoms with Crippen molar-refractivity contribution in [1.82, 2.24) is 10.2 Å². The Kier molecular flexibility index (Phi) is 7.39. The van der Waals surface area contributed by atoms with Crippen LogP contribution in [-0.2, 0) is 9.53 Å². The number of ether oxygens (including phenoxy) is 1. The van der Waals surface area contributed by atoms with E-state index in [9.17, 15) is 4.79 Å². The molecule has 19 heavy (non-hydrogen) atoms. The molecule has 0 aromatic rings. The predicted octanol–water partition coefficient (Wildman–Crippen LogP) is 2.04. The Bertz CT molecular complexity index is 271. The molecular weight excluding hydrogens is 240 g/mol. The fraction of sp³-hybridized carbons (Fsp3) is 0.933. The van der Waals surface area contributed by atoms with Crippen LogP contribution in [0, 0.1) is 5.92 Å². The van der Waals surface area contributed by atoms with Gasteiger partial charge in [0.15, 0.2) is 0 Å². The highest BCUT2D eigenvalue weighted by Gasteiger charge is 2.34. The van der Waals surface area contributed by atoms with E-state index in [1.165, 1.54) is 12.8 Å². The van der Waals surface area contributed by atoms with Gasteiger partial charge in [-0.2, -0.15) is 0 Å². The zero-order valence-electron chi connectivity index (χ0n) is 12.9. The number of piperazine rings is 1. The average molecular weight is 270 g/mol. The number of hydrogen-bond acceptors (Lipinski definition) is 4. The van der Waals surface area contributed by atoms with Crippen LogP contribution in [0.4, 0.5) is 0 Å². The summed E-state index contributed by atoms with van der Waals surface area (Å²) in [5.74, 6) is 0.639. The summed E-state index contributed by atoms with van der Waals surface area (Å²) >= 11 is 0. The molecule has 0 aromatic heterocycles. The summed E-state index contributed by atoms with van der Waals surface area (Å²) in [6.07, 6.45) is 3.47. The van der Waals surface area contributed by atoms with Crippen molar-refractivity contribution in [2.24, 2.45) is 5.92 Å². The van der Waals surface area contributed by atoms with Gasteiger partial charge in [0.25, 0.3) is 0 Å². The minimum Gasteiger partial charge on any atom is -0.465 e. The summed E-state index contributed by atoms with van der Waals surface area (Å²) in [5.41, 5.74) is 0. The van der Waals surface area contributed by atoms with Gasteiger partial charge in [-0.25, -0.2) is 0 Å². The van der Waals surface area contributed by atoms with E-state index in [1.807, 2.05) is 6.92 Å². The SMILES string of the molecule is CCOC(=O)C1CNCCN1C(CC)CC(C)CC. The Morgan fingerprint density at radius 3 is 2.68 bits per heavy atom. The van der Waals surface area contributed by atoms with Gasteiger partial charge in [-0.05, 0) is 25.7 Å². The number of carbonyl (C=O) groups is 1. The molecule has 1 saturated heterocycles. The van der Waals surface area contributed by atoms with Gasteiger partial charge in [-0.3, -0.25) is 9.69 Å². The predicted molar refractivity (Wildman–Crippen MR) is 78.1 cm³/mol. The second-order valence-electron chi connectivity index (χ2n) is 5.52. The third-order valence-corrected chi connectivity index (χ3v) is 4.16. The summed E-state index contributed by atoms with van der Waals surface area (Å²) < 4.78 is 5.22. The number of carbonyl (C=O) groups excluding carboxylic acids is 1. The highest BCUT2D eigenvalue weighted by Crippen LogP contribution is 2.21. The summed E-state index contributed by atoms with van der Waals surface area (Å²) in [5, 5.41) is 3.31. The summed E-state index contributed by atoms with van der Waals surface area (Å²) in [6.45, 7) is 11.7. The lowest BCUT2D eigenvalue weighted by Gasteiger charge is -2.40. The maximum atomic E-state index is 12.1. The molecule has 0 saturated carbocycles. The first-order valence-electron chi connectivity index (χ1n) is 7.77. The first-order chi connectivity index (χ1) is 9.13. The zero-order valence-corrected chi connectivity index (χ0v) is 12.9. The van der Waals surface area contributed by atoms with Crippen molar-refractivity contribution in [3.8, 4) is 0 Å². The second-order valence-corrected chi connectivity index (χ2v) is 5.52. The number of esters is 1. The minimum atomic E-state index is -0.109. The van der Waals surface area contributed by atoms with Gasteiger partial charge in [-0.1, -0.05) is 27.2 Å².